The minimum absolute atomic E-state index is 0.0107. The van der Waals surface area contributed by atoms with E-state index in [-0.39, 0.29) is 22.1 Å². The lowest BCUT2D eigenvalue weighted by molar-refractivity contribution is 0.101. The first-order valence-corrected chi connectivity index (χ1v) is 10.6. The number of benzene rings is 2. The zero-order valence-corrected chi connectivity index (χ0v) is 18.0. The van der Waals surface area contributed by atoms with Gasteiger partial charge in [-0.2, -0.15) is 0 Å². The molecule has 0 unspecified atom stereocenters. The molecule has 160 valence electrons. The number of nitrogens with zero attached hydrogens (tertiary/aromatic N) is 2. The molecule has 0 saturated carbocycles. The van der Waals surface area contributed by atoms with Crippen LogP contribution in [0.4, 0.5) is 4.39 Å². The molecule has 0 fully saturated rings. The van der Waals surface area contributed by atoms with Gasteiger partial charge >= 0.3 is 0 Å². The summed E-state index contributed by atoms with van der Waals surface area (Å²) in [5.41, 5.74) is 1.07. The van der Waals surface area contributed by atoms with Gasteiger partial charge < -0.3 is 14.6 Å². The molecule has 2 N–H and O–H groups in total. The fraction of sp³-hybridized carbons (Fsp3) is 0.0435. The summed E-state index contributed by atoms with van der Waals surface area (Å²) in [5, 5.41) is 22.4. The van der Waals surface area contributed by atoms with Crippen LogP contribution < -0.4 is 0 Å². The Kier molecular flexibility index (Phi) is 4.76. The van der Waals surface area contributed by atoms with Crippen LogP contribution in [0, 0.1) is 12.7 Å². The Labute approximate surface area is 189 Å². The second-order valence-electron chi connectivity index (χ2n) is 7.09. The average molecular weight is 469 g/mol. The van der Waals surface area contributed by atoms with E-state index in [1.807, 2.05) is 0 Å². The van der Waals surface area contributed by atoms with Gasteiger partial charge in [-0.05, 0) is 55.0 Å². The van der Waals surface area contributed by atoms with E-state index in [0.717, 1.165) is 11.3 Å². The van der Waals surface area contributed by atoms with Crippen molar-refractivity contribution in [1.82, 2.24) is 9.55 Å². The molecule has 9 heteroatoms. The molecule has 0 spiro atoms. The van der Waals surface area contributed by atoms with Gasteiger partial charge in [0.15, 0.2) is 16.6 Å². The lowest BCUT2D eigenvalue weighted by atomic mass is 10.0. The number of fused-ring (bicyclic) bond motifs is 1. The summed E-state index contributed by atoms with van der Waals surface area (Å²) in [6.07, 6.45) is 0. The van der Waals surface area contributed by atoms with Crippen molar-refractivity contribution in [3.8, 4) is 28.0 Å². The quantitative estimate of drug-likeness (QED) is 0.311. The van der Waals surface area contributed by atoms with E-state index in [0.29, 0.717) is 26.6 Å². The molecule has 5 aromatic rings. The number of carbonyl (C=O) groups excluding carboxylic acids is 1. The number of rotatable bonds is 4. The van der Waals surface area contributed by atoms with Crippen molar-refractivity contribution in [2.75, 3.05) is 0 Å². The Morgan fingerprint density at radius 3 is 2.56 bits per heavy atom. The van der Waals surface area contributed by atoms with E-state index >= 15 is 0 Å². The highest BCUT2D eigenvalue weighted by molar-refractivity contribution is 7.20. The predicted molar refractivity (Wildman–Crippen MR) is 120 cm³/mol. The Hall–Kier alpha value is -3.62. The third kappa shape index (κ3) is 3.24. The van der Waals surface area contributed by atoms with Gasteiger partial charge in [-0.25, -0.2) is 9.37 Å². The fourth-order valence-corrected chi connectivity index (χ4v) is 4.62. The minimum Gasteiger partial charge on any atom is -0.503 e. The molecule has 0 aliphatic carbocycles. The second-order valence-corrected chi connectivity index (χ2v) is 8.53. The highest BCUT2D eigenvalue weighted by atomic mass is 35.5. The Balaban J connectivity index is 1.81. The van der Waals surface area contributed by atoms with E-state index in [4.69, 9.17) is 16.0 Å². The summed E-state index contributed by atoms with van der Waals surface area (Å²) < 4.78 is 21.0. The maximum atomic E-state index is 13.7. The van der Waals surface area contributed by atoms with Gasteiger partial charge in [0, 0.05) is 5.02 Å². The van der Waals surface area contributed by atoms with E-state index in [9.17, 15) is 19.4 Å². The molecule has 32 heavy (non-hydrogen) atoms. The third-order valence-electron chi connectivity index (χ3n) is 4.96. The summed E-state index contributed by atoms with van der Waals surface area (Å²) in [5.74, 6) is -1.68. The van der Waals surface area contributed by atoms with Crippen LogP contribution in [0.3, 0.4) is 0 Å². The number of halogens is 2. The first kappa shape index (κ1) is 20.3. The fourth-order valence-electron chi connectivity index (χ4n) is 3.49. The number of aromatic hydroxyl groups is 2. The molecule has 5 rings (SSSR count). The molecule has 0 saturated heterocycles. The van der Waals surface area contributed by atoms with Crippen molar-refractivity contribution < 1.29 is 23.8 Å². The molecule has 3 aromatic heterocycles. The van der Waals surface area contributed by atoms with E-state index in [2.05, 4.69) is 4.98 Å². The molecular formula is C23H14ClFN2O4S. The van der Waals surface area contributed by atoms with Crippen LogP contribution in [0.25, 0.3) is 26.6 Å². The van der Waals surface area contributed by atoms with Gasteiger partial charge in [-0.15, -0.1) is 0 Å². The summed E-state index contributed by atoms with van der Waals surface area (Å²) >= 11 is 7.13. The Morgan fingerprint density at radius 1 is 1.12 bits per heavy atom. The molecule has 0 radical (unpaired) electrons. The zero-order chi connectivity index (χ0) is 22.6. The van der Waals surface area contributed by atoms with Crippen LogP contribution in [0.5, 0.6) is 11.6 Å². The Morgan fingerprint density at radius 2 is 1.88 bits per heavy atom. The topological polar surface area (TPSA) is 88.5 Å². The van der Waals surface area contributed by atoms with Crippen LogP contribution in [-0.2, 0) is 0 Å². The summed E-state index contributed by atoms with van der Waals surface area (Å²) in [7, 11) is 0. The predicted octanol–water partition coefficient (Wildman–Crippen LogP) is 6.09. The Bertz CT molecular complexity index is 1500. The van der Waals surface area contributed by atoms with Crippen molar-refractivity contribution in [2.45, 2.75) is 6.92 Å². The van der Waals surface area contributed by atoms with Crippen LogP contribution in [0.15, 0.2) is 59.0 Å². The molecule has 0 amide bonds. The molecule has 6 nitrogen and oxygen atoms in total. The molecule has 0 aliphatic heterocycles. The van der Waals surface area contributed by atoms with Crippen molar-refractivity contribution >= 4 is 38.9 Å². The lowest BCUT2D eigenvalue weighted by Crippen LogP contribution is -2.04. The second kappa shape index (κ2) is 7.51. The number of ketones is 1. The molecule has 0 aliphatic rings. The van der Waals surface area contributed by atoms with Crippen LogP contribution in [-0.4, -0.2) is 25.5 Å². The SMILES string of the molecule is Cc1ccc(C(=O)c2c(O)c(O)n(-c3nc4ccc(F)cc4s3)c2-c2ccc(Cl)cc2)o1. The number of furan rings is 1. The van der Waals surface area contributed by atoms with Gasteiger partial charge in [0.2, 0.25) is 11.7 Å². The molecular weight excluding hydrogens is 455 g/mol. The monoisotopic (exact) mass is 468 g/mol. The number of thiazole rings is 1. The van der Waals surface area contributed by atoms with Crippen molar-refractivity contribution in [2.24, 2.45) is 0 Å². The normalized spacial score (nSPS) is 11.3. The molecule has 0 bridgehead atoms. The van der Waals surface area contributed by atoms with Gasteiger partial charge in [0.25, 0.3) is 0 Å². The average Bonchev–Trinajstić information content (AvgIpc) is 3.44. The number of hydrogen-bond acceptors (Lipinski definition) is 6. The van der Waals surface area contributed by atoms with Gasteiger partial charge in [-0.1, -0.05) is 35.1 Å². The maximum Gasteiger partial charge on any atom is 0.242 e. The maximum absolute atomic E-state index is 13.7. The lowest BCUT2D eigenvalue weighted by Gasteiger charge is -2.09. The van der Waals surface area contributed by atoms with Crippen LogP contribution in [0.1, 0.15) is 21.9 Å². The highest BCUT2D eigenvalue weighted by Crippen LogP contribution is 2.45. The first-order valence-electron chi connectivity index (χ1n) is 9.43. The van der Waals surface area contributed by atoms with Crippen LogP contribution >= 0.6 is 22.9 Å². The third-order valence-corrected chi connectivity index (χ3v) is 6.22. The van der Waals surface area contributed by atoms with E-state index in [1.165, 1.54) is 28.8 Å². The molecule has 0 atom stereocenters. The summed E-state index contributed by atoms with van der Waals surface area (Å²) in [6.45, 7) is 1.69. The van der Waals surface area contributed by atoms with E-state index in [1.54, 1.807) is 37.3 Å². The van der Waals surface area contributed by atoms with Gasteiger partial charge in [0.1, 0.15) is 11.6 Å². The number of hydrogen-bond donors (Lipinski definition) is 2. The van der Waals surface area contributed by atoms with Crippen LogP contribution in [0.2, 0.25) is 5.02 Å². The van der Waals surface area contributed by atoms with Crippen molar-refractivity contribution in [3.05, 3.63) is 82.5 Å². The number of carbonyl (C=O) groups is 1. The zero-order valence-electron chi connectivity index (χ0n) is 16.5. The number of aryl methyl sites for hydroxylation is 1. The minimum atomic E-state index is -0.612. The number of aromatic nitrogens is 2. The largest absolute Gasteiger partial charge is 0.503 e. The van der Waals surface area contributed by atoms with Crippen molar-refractivity contribution in [3.63, 3.8) is 0 Å². The first-order chi connectivity index (χ1) is 15.3. The standard InChI is InChI=1S/C23H14ClFN2O4S/c1-11-2-9-16(31-11)20(28)18-19(12-3-5-13(24)6-4-12)27(22(30)21(18)29)23-26-15-8-7-14(25)10-17(15)32-23/h2-10,29-30H,1H3. The molecule has 2 aromatic carbocycles. The molecule has 3 heterocycles. The summed E-state index contributed by atoms with van der Waals surface area (Å²) in [6, 6.07) is 13.8. The van der Waals surface area contributed by atoms with Gasteiger partial charge in [-0.3, -0.25) is 9.36 Å². The summed E-state index contributed by atoms with van der Waals surface area (Å²) in [4.78, 5) is 17.7. The van der Waals surface area contributed by atoms with Crippen molar-refractivity contribution in [1.29, 1.82) is 0 Å². The highest BCUT2D eigenvalue weighted by Gasteiger charge is 2.32. The smallest absolute Gasteiger partial charge is 0.242 e. The van der Waals surface area contributed by atoms with Gasteiger partial charge in [0.05, 0.1) is 21.5 Å². The van der Waals surface area contributed by atoms with E-state index < -0.39 is 23.2 Å².